The van der Waals surface area contributed by atoms with E-state index in [0.717, 1.165) is 11.1 Å². The van der Waals surface area contributed by atoms with Crippen LogP contribution in [0.15, 0.2) is 59.8 Å². The molecule has 1 aliphatic rings. The van der Waals surface area contributed by atoms with Crippen molar-refractivity contribution in [2.24, 2.45) is 5.10 Å². The minimum atomic E-state index is -1.21. The minimum Gasteiger partial charge on any atom is -0.505 e. The van der Waals surface area contributed by atoms with Crippen molar-refractivity contribution in [2.45, 2.75) is 6.92 Å². The number of halogens is 1. The Bertz CT molecular complexity index is 1080. The summed E-state index contributed by atoms with van der Waals surface area (Å²) in [4.78, 5) is 23.3. The molecule has 1 aliphatic heterocycles. The summed E-state index contributed by atoms with van der Waals surface area (Å²) in [5, 5.41) is 27.7. The smallest absolute Gasteiger partial charge is 0.322 e. The number of nitrogens with zero attached hydrogens (tertiary/aromatic N) is 2. The molecule has 0 saturated heterocycles. The van der Waals surface area contributed by atoms with Crippen LogP contribution in [0.1, 0.15) is 18.1 Å². The first-order valence-electron chi connectivity index (χ1n) is 8.65. The summed E-state index contributed by atoms with van der Waals surface area (Å²) >= 11 is 6.29. The van der Waals surface area contributed by atoms with Crippen molar-refractivity contribution in [3.05, 3.63) is 70.9 Å². The van der Waals surface area contributed by atoms with Crippen LogP contribution in [0, 0.1) is 0 Å². The number of hydrogen-bond donors (Lipinski definition) is 3. The lowest BCUT2D eigenvalue weighted by Crippen LogP contribution is -2.37. The zero-order valence-electron chi connectivity index (χ0n) is 15.5. The number of nitrogens with one attached hydrogen (secondary N) is 1. The number of rotatable bonds is 5. The molecule has 0 bridgehead atoms. The Balaban J connectivity index is 2.13. The molecule has 29 heavy (non-hydrogen) atoms. The topological polar surface area (TPSA) is 102 Å². The second-order valence-electron chi connectivity index (χ2n) is 6.15. The molecule has 0 aliphatic carbocycles. The van der Waals surface area contributed by atoms with Crippen LogP contribution < -0.4 is 5.32 Å². The number of hydrogen-bond acceptors (Lipinski definition) is 5. The summed E-state index contributed by atoms with van der Waals surface area (Å²) in [7, 11) is 0. The molecule has 0 atom stereocenters. The molecule has 2 aromatic carbocycles. The summed E-state index contributed by atoms with van der Waals surface area (Å²) in [6.07, 6.45) is 1.44. The first-order valence-corrected chi connectivity index (χ1v) is 9.03. The van der Waals surface area contributed by atoms with Gasteiger partial charge in [-0.25, -0.2) is 5.01 Å². The number of carbonyl (C=O) groups excluding carboxylic acids is 1. The number of carboxylic acid groups (broad SMARTS) is 1. The van der Waals surface area contributed by atoms with Crippen LogP contribution in [0.4, 0.5) is 0 Å². The number of fused-ring (bicyclic) bond motifs is 1. The summed E-state index contributed by atoms with van der Waals surface area (Å²) in [6, 6.07) is 12.6. The molecule has 148 valence electrons. The normalized spacial score (nSPS) is 13.6. The van der Waals surface area contributed by atoms with Crippen molar-refractivity contribution in [2.75, 3.05) is 6.54 Å². The first-order chi connectivity index (χ1) is 13.8. The van der Waals surface area contributed by atoms with E-state index >= 15 is 0 Å². The van der Waals surface area contributed by atoms with Crippen LogP contribution in [0.25, 0.3) is 22.6 Å². The van der Waals surface area contributed by atoms with Gasteiger partial charge in [0.2, 0.25) is 0 Å². The van der Waals surface area contributed by atoms with Gasteiger partial charge in [-0.05, 0) is 30.7 Å². The highest BCUT2D eigenvalue weighted by molar-refractivity contribution is 6.33. The Morgan fingerprint density at radius 1 is 1.21 bits per heavy atom. The summed E-state index contributed by atoms with van der Waals surface area (Å²) < 4.78 is 0. The van der Waals surface area contributed by atoms with Gasteiger partial charge in [-0.2, -0.15) is 5.10 Å². The van der Waals surface area contributed by atoms with E-state index < -0.39 is 18.4 Å². The zero-order chi connectivity index (χ0) is 21.1. The fraction of sp³-hybridized carbons (Fsp3) is 0.0952. The van der Waals surface area contributed by atoms with E-state index in [-0.39, 0.29) is 11.5 Å². The van der Waals surface area contributed by atoms with E-state index in [2.05, 4.69) is 17.0 Å². The molecule has 0 saturated carbocycles. The SMILES string of the molecule is C=C1c2cc(-c3ccccc3Cl)ccc2C(O)=C(C(=O)NCC(=O)O)N1/N=C\C. The van der Waals surface area contributed by atoms with Crippen LogP contribution >= 0.6 is 11.6 Å². The molecule has 0 radical (unpaired) electrons. The second kappa shape index (κ2) is 8.20. The standard InChI is InChI=1S/C21H18ClN3O4/c1-3-24-25-12(2)16-10-13(14-6-4-5-7-17(14)22)8-9-15(16)20(28)19(25)21(29)23-11-18(26)27/h3-10,28H,2,11H2,1H3,(H,23,29)(H,26,27)/b24-3-. The molecule has 8 heteroatoms. The summed E-state index contributed by atoms with van der Waals surface area (Å²) in [6.45, 7) is 5.07. The lowest BCUT2D eigenvalue weighted by Gasteiger charge is -2.30. The van der Waals surface area contributed by atoms with E-state index in [9.17, 15) is 14.7 Å². The van der Waals surface area contributed by atoms with Gasteiger partial charge in [0.15, 0.2) is 11.5 Å². The van der Waals surface area contributed by atoms with Gasteiger partial charge in [-0.1, -0.05) is 42.4 Å². The summed E-state index contributed by atoms with van der Waals surface area (Å²) in [5.41, 5.74) is 2.72. The van der Waals surface area contributed by atoms with E-state index in [4.69, 9.17) is 16.7 Å². The molecule has 3 rings (SSSR count). The fourth-order valence-corrected chi connectivity index (χ4v) is 3.26. The first kappa shape index (κ1) is 20.2. The van der Waals surface area contributed by atoms with Crippen molar-refractivity contribution in [3.63, 3.8) is 0 Å². The van der Waals surface area contributed by atoms with E-state index in [1.54, 1.807) is 31.2 Å². The van der Waals surface area contributed by atoms with Crippen LogP contribution in [0.3, 0.4) is 0 Å². The predicted molar refractivity (Wildman–Crippen MR) is 112 cm³/mol. The van der Waals surface area contributed by atoms with Gasteiger partial charge >= 0.3 is 5.97 Å². The van der Waals surface area contributed by atoms with Gasteiger partial charge in [0.25, 0.3) is 5.91 Å². The van der Waals surface area contributed by atoms with Crippen molar-refractivity contribution >= 4 is 41.1 Å². The number of aliphatic hydroxyl groups excluding tert-OH is 1. The molecule has 0 spiro atoms. The molecule has 2 aromatic rings. The Morgan fingerprint density at radius 2 is 1.93 bits per heavy atom. The van der Waals surface area contributed by atoms with E-state index in [1.165, 1.54) is 11.2 Å². The number of carbonyl (C=O) groups is 2. The number of aliphatic hydroxyl groups is 1. The van der Waals surface area contributed by atoms with Gasteiger partial charge < -0.3 is 15.5 Å². The molecule has 0 aromatic heterocycles. The minimum absolute atomic E-state index is 0.202. The van der Waals surface area contributed by atoms with Crippen LogP contribution in [0.2, 0.25) is 5.02 Å². The maximum Gasteiger partial charge on any atom is 0.322 e. The van der Waals surface area contributed by atoms with Gasteiger partial charge in [-0.15, -0.1) is 0 Å². The number of carboxylic acids is 1. The monoisotopic (exact) mass is 411 g/mol. The van der Waals surface area contributed by atoms with Crippen molar-refractivity contribution in [1.29, 1.82) is 0 Å². The Morgan fingerprint density at radius 3 is 2.59 bits per heavy atom. The van der Waals surface area contributed by atoms with Crippen LogP contribution in [-0.4, -0.2) is 39.9 Å². The average molecular weight is 412 g/mol. The number of aliphatic carboxylic acids is 1. The van der Waals surface area contributed by atoms with Crippen molar-refractivity contribution in [3.8, 4) is 11.1 Å². The van der Waals surface area contributed by atoms with E-state index in [0.29, 0.717) is 21.8 Å². The van der Waals surface area contributed by atoms with Gasteiger partial charge in [0.1, 0.15) is 6.54 Å². The Labute approximate surface area is 172 Å². The average Bonchev–Trinajstić information content (AvgIpc) is 2.70. The molecular formula is C21H18ClN3O4. The molecule has 0 unspecified atom stereocenters. The van der Waals surface area contributed by atoms with Crippen LogP contribution in [-0.2, 0) is 9.59 Å². The van der Waals surface area contributed by atoms with Gasteiger partial charge in [0, 0.05) is 27.9 Å². The Hall–Kier alpha value is -3.58. The third-order valence-corrected chi connectivity index (χ3v) is 4.64. The fourth-order valence-electron chi connectivity index (χ4n) is 3.02. The number of hydrazone groups is 1. The lowest BCUT2D eigenvalue weighted by atomic mass is 9.93. The molecule has 3 N–H and O–H groups in total. The molecule has 0 fully saturated rings. The van der Waals surface area contributed by atoms with E-state index in [1.807, 2.05) is 18.2 Å². The number of benzene rings is 2. The maximum absolute atomic E-state index is 12.5. The van der Waals surface area contributed by atoms with Crippen molar-refractivity contribution in [1.82, 2.24) is 10.3 Å². The largest absolute Gasteiger partial charge is 0.505 e. The van der Waals surface area contributed by atoms with Crippen molar-refractivity contribution < 1.29 is 19.8 Å². The quantitative estimate of drug-likeness (QED) is 0.650. The maximum atomic E-state index is 12.5. The third-order valence-electron chi connectivity index (χ3n) is 4.31. The Kier molecular flexibility index (Phi) is 5.70. The zero-order valence-corrected chi connectivity index (χ0v) is 16.3. The third kappa shape index (κ3) is 3.86. The number of amides is 1. The highest BCUT2D eigenvalue weighted by Crippen LogP contribution is 2.39. The lowest BCUT2D eigenvalue weighted by molar-refractivity contribution is -0.137. The highest BCUT2D eigenvalue weighted by Gasteiger charge is 2.32. The highest BCUT2D eigenvalue weighted by atomic mass is 35.5. The summed E-state index contributed by atoms with van der Waals surface area (Å²) in [5.74, 6) is -2.31. The second-order valence-corrected chi connectivity index (χ2v) is 6.55. The molecular weight excluding hydrogens is 394 g/mol. The molecule has 1 amide bonds. The van der Waals surface area contributed by atoms with Gasteiger partial charge in [-0.3, -0.25) is 9.59 Å². The molecule has 7 nitrogen and oxygen atoms in total. The molecule has 1 heterocycles. The van der Waals surface area contributed by atoms with Crippen LogP contribution in [0.5, 0.6) is 0 Å². The predicted octanol–water partition coefficient (Wildman–Crippen LogP) is 3.73. The van der Waals surface area contributed by atoms with Gasteiger partial charge in [0.05, 0.1) is 5.70 Å².